The Kier molecular flexibility index (Phi) is 3.93. The maximum atomic E-state index is 12.2. The Hall–Kier alpha value is -1.78. The van der Waals surface area contributed by atoms with Crippen LogP contribution < -0.4 is 11.1 Å². The summed E-state index contributed by atoms with van der Waals surface area (Å²) in [4.78, 5) is 16.2. The number of carbonyl (C=O) groups excluding carboxylic acids is 1. The molecule has 19 heavy (non-hydrogen) atoms. The molecule has 0 saturated carbocycles. The SMILES string of the molecule is Cc1ncc(N)cc1C(=O)Nc1c(Cl)cccc1Cl. The van der Waals surface area contributed by atoms with Crippen molar-refractivity contribution in [2.75, 3.05) is 11.1 Å². The van der Waals surface area contributed by atoms with Crippen LogP contribution in [0.25, 0.3) is 0 Å². The fourth-order valence-electron chi connectivity index (χ4n) is 1.58. The highest BCUT2D eigenvalue weighted by Gasteiger charge is 2.14. The first-order valence-electron chi connectivity index (χ1n) is 5.46. The Labute approximate surface area is 120 Å². The summed E-state index contributed by atoms with van der Waals surface area (Å²) < 4.78 is 0. The van der Waals surface area contributed by atoms with Gasteiger partial charge in [0.15, 0.2) is 0 Å². The van der Waals surface area contributed by atoms with Crippen molar-refractivity contribution in [2.45, 2.75) is 6.92 Å². The number of nitrogens with zero attached hydrogens (tertiary/aromatic N) is 1. The minimum atomic E-state index is -0.354. The van der Waals surface area contributed by atoms with Gasteiger partial charge in [0, 0.05) is 0 Å². The number of carbonyl (C=O) groups is 1. The van der Waals surface area contributed by atoms with Gasteiger partial charge in [-0.2, -0.15) is 0 Å². The van der Waals surface area contributed by atoms with Crippen LogP contribution >= 0.6 is 23.2 Å². The Balaban J connectivity index is 2.34. The van der Waals surface area contributed by atoms with Gasteiger partial charge in [0.05, 0.1) is 38.9 Å². The van der Waals surface area contributed by atoms with Gasteiger partial charge in [-0.05, 0) is 25.1 Å². The predicted octanol–water partition coefficient (Wildman–Crippen LogP) is 3.53. The van der Waals surface area contributed by atoms with Crippen molar-refractivity contribution in [1.29, 1.82) is 0 Å². The molecule has 1 heterocycles. The van der Waals surface area contributed by atoms with Gasteiger partial charge in [-0.1, -0.05) is 29.3 Å². The number of hydrogen-bond acceptors (Lipinski definition) is 3. The van der Waals surface area contributed by atoms with Crippen molar-refractivity contribution >= 4 is 40.5 Å². The molecule has 4 nitrogen and oxygen atoms in total. The molecule has 0 unspecified atom stereocenters. The Morgan fingerprint density at radius 3 is 2.58 bits per heavy atom. The van der Waals surface area contributed by atoms with Gasteiger partial charge in [-0.15, -0.1) is 0 Å². The number of aryl methyl sites for hydroxylation is 1. The minimum absolute atomic E-state index is 0.354. The van der Waals surface area contributed by atoms with Gasteiger partial charge in [-0.25, -0.2) is 0 Å². The van der Waals surface area contributed by atoms with E-state index in [4.69, 9.17) is 28.9 Å². The summed E-state index contributed by atoms with van der Waals surface area (Å²) in [6.07, 6.45) is 1.49. The zero-order valence-electron chi connectivity index (χ0n) is 10.1. The predicted molar refractivity (Wildman–Crippen MR) is 77.8 cm³/mol. The highest BCUT2D eigenvalue weighted by molar-refractivity contribution is 6.40. The number of para-hydroxylation sites is 1. The third-order valence-electron chi connectivity index (χ3n) is 2.55. The molecule has 0 spiro atoms. The van der Waals surface area contributed by atoms with Crippen LogP contribution in [0.4, 0.5) is 11.4 Å². The van der Waals surface area contributed by atoms with E-state index in [1.807, 2.05) is 0 Å². The normalized spacial score (nSPS) is 10.3. The lowest BCUT2D eigenvalue weighted by Crippen LogP contribution is -2.15. The second kappa shape index (κ2) is 5.47. The Morgan fingerprint density at radius 2 is 1.95 bits per heavy atom. The number of anilines is 2. The van der Waals surface area contributed by atoms with Gasteiger partial charge in [-0.3, -0.25) is 9.78 Å². The third-order valence-corrected chi connectivity index (χ3v) is 3.18. The molecule has 0 aliphatic carbocycles. The van der Waals surface area contributed by atoms with Crippen molar-refractivity contribution in [1.82, 2.24) is 4.98 Å². The molecule has 0 fully saturated rings. The van der Waals surface area contributed by atoms with E-state index in [9.17, 15) is 4.79 Å². The molecular formula is C13H11Cl2N3O. The fraction of sp³-hybridized carbons (Fsp3) is 0.0769. The van der Waals surface area contributed by atoms with Crippen LogP contribution in [0, 0.1) is 6.92 Å². The van der Waals surface area contributed by atoms with Gasteiger partial charge in [0.1, 0.15) is 0 Å². The number of nitrogens with two attached hydrogens (primary N) is 1. The number of aromatic nitrogens is 1. The molecule has 2 aromatic rings. The average molecular weight is 296 g/mol. The van der Waals surface area contributed by atoms with Crippen LogP contribution in [0.15, 0.2) is 30.5 Å². The standard InChI is InChI=1S/C13H11Cl2N3O/c1-7-9(5-8(16)6-17-7)13(19)18-12-10(14)3-2-4-11(12)15/h2-6H,16H2,1H3,(H,18,19). The number of nitrogens with one attached hydrogen (secondary N) is 1. The molecule has 6 heteroatoms. The molecule has 0 atom stereocenters. The first kappa shape index (κ1) is 13.6. The lowest BCUT2D eigenvalue weighted by Gasteiger charge is -2.10. The molecule has 0 saturated heterocycles. The zero-order chi connectivity index (χ0) is 14.0. The van der Waals surface area contributed by atoms with E-state index < -0.39 is 0 Å². The van der Waals surface area contributed by atoms with Gasteiger partial charge in [0.2, 0.25) is 0 Å². The first-order valence-corrected chi connectivity index (χ1v) is 6.22. The maximum Gasteiger partial charge on any atom is 0.257 e. The summed E-state index contributed by atoms with van der Waals surface area (Å²) in [7, 11) is 0. The number of amides is 1. The average Bonchev–Trinajstić information content (AvgIpc) is 2.37. The van der Waals surface area contributed by atoms with E-state index in [-0.39, 0.29) is 5.91 Å². The molecule has 0 aliphatic rings. The molecule has 98 valence electrons. The number of hydrogen-bond donors (Lipinski definition) is 2. The molecule has 1 amide bonds. The molecule has 0 radical (unpaired) electrons. The molecule has 2 rings (SSSR count). The van der Waals surface area contributed by atoms with E-state index >= 15 is 0 Å². The van der Waals surface area contributed by atoms with E-state index in [0.717, 1.165) is 0 Å². The second-order valence-corrected chi connectivity index (χ2v) is 4.77. The molecule has 3 N–H and O–H groups in total. The summed E-state index contributed by atoms with van der Waals surface area (Å²) in [5.41, 5.74) is 7.38. The van der Waals surface area contributed by atoms with Crippen molar-refractivity contribution < 1.29 is 4.79 Å². The highest BCUT2D eigenvalue weighted by atomic mass is 35.5. The van der Waals surface area contributed by atoms with E-state index in [2.05, 4.69) is 10.3 Å². The van der Waals surface area contributed by atoms with Crippen molar-refractivity contribution in [3.05, 3.63) is 51.8 Å². The third kappa shape index (κ3) is 2.97. The highest BCUT2D eigenvalue weighted by Crippen LogP contribution is 2.30. The minimum Gasteiger partial charge on any atom is -0.397 e. The summed E-state index contributed by atoms with van der Waals surface area (Å²) in [6, 6.07) is 6.55. The van der Waals surface area contributed by atoms with Gasteiger partial charge < -0.3 is 11.1 Å². The van der Waals surface area contributed by atoms with Gasteiger partial charge in [0.25, 0.3) is 5.91 Å². The first-order chi connectivity index (χ1) is 8.99. The summed E-state index contributed by atoms with van der Waals surface area (Å²) in [6.45, 7) is 1.72. The van der Waals surface area contributed by atoms with Crippen LogP contribution in [0.5, 0.6) is 0 Å². The lowest BCUT2D eigenvalue weighted by atomic mass is 10.1. The molecule has 0 bridgehead atoms. The number of benzene rings is 1. The topological polar surface area (TPSA) is 68.0 Å². The quantitative estimate of drug-likeness (QED) is 0.890. The second-order valence-electron chi connectivity index (χ2n) is 3.95. The number of nitrogen functional groups attached to an aromatic ring is 1. The van der Waals surface area contributed by atoms with Crippen molar-refractivity contribution in [3.8, 4) is 0 Å². The number of halogens is 2. The monoisotopic (exact) mass is 295 g/mol. The summed E-state index contributed by atoms with van der Waals surface area (Å²) in [5.74, 6) is -0.354. The number of pyridine rings is 1. The van der Waals surface area contributed by atoms with E-state index in [0.29, 0.717) is 32.7 Å². The fourth-order valence-corrected chi connectivity index (χ4v) is 2.07. The lowest BCUT2D eigenvalue weighted by molar-refractivity contribution is 0.102. The van der Waals surface area contributed by atoms with Crippen LogP contribution in [0.2, 0.25) is 10.0 Å². The van der Waals surface area contributed by atoms with E-state index in [1.54, 1.807) is 31.2 Å². The van der Waals surface area contributed by atoms with Crippen LogP contribution in [-0.4, -0.2) is 10.9 Å². The van der Waals surface area contributed by atoms with E-state index in [1.165, 1.54) is 6.20 Å². The smallest absolute Gasteiger partial charge is 0.257 e. The number of rotatable bonds is 2. The van der Waals surface area contributed by atoms with Crippen LogP contribution in [0.3, 0.4) is 0 Å². The molecule has 1 aromatic heterocycles. The van der Waals surface area contributed by atoms with Crippen molar-refractivity contribution in [2.24, 2.45) is 0 Å². The molecule has 0 aliphatic heterocycles. The zero-order valence-corrected chi connectivity index (χ0v) is 11.6. The Bertz CT molecular complexity index is 624. The van der Waals surface area contributed by atoms with Crippen LogP contribution in [-0.2, 0) is 0 Å². The Morgan fingerprint density at radius 1 is 1.32 bits per heavy atom. The maximum absolute atomic E-state index is 12.2. The molecule has 1 aromatic carbocycles. The van der Waals surface area contributed by atoms with Gasteiger partial charge >= 0.3 is 0 Å². The largest absolute Gasteiger partial charge is 0.397 e. The molecular weight excluding hydrogens is 285 g/mol. The summed E-state index contributed by atoms with van der Waals surface area (Å²) in [5, 5.41) is 3.41. The van der Waals surface area contributed by atoms with Crippen molar-refractivity contribution in [3.63, 3.8) is 0 Å². The summed E-state index contributed by atoms with van der Waals surface area (Å²) >= 11 is 12.0. The van der Waals surface area contributed by atoms with Crippen LogP contribution in [0.1, 0.15) is 16.1 Å².